The fourth-order valence-corrected chi connectivity index (χ4v) is 5.36. The van der Waals surface area contributed by atoms with Gasteiger partial charge in [-0.25, -0.2) is 21.6 Å². The molecule has 0 aliphatic rings. The van der Waals surface area contributed by atoms with Crippen molar-refractivity contribution in [3.8, 4) is 0 Å². The molecule has 0 aliphatic heterocycles. The Balaban J connectivity index is 1.91. The number of nitrogens with one attached hydrogen (secondary N) is 1. The third-order valence-electron chi connectivity index (χ3n) is 4.10. The fourth-order valence-electron chi connectivity index (χ4n) is 2.60. The van der Waals surface area contributed by atoms with Crippen LogP contribution in [-0.2, 0) is 19.9 Å². The lowest BCUT2D eigenvalue weighted by Crippen LogP contribution is -2.31. The minimum Gasteiger partial charge on any atom is -0.468 e. The Morgan fingerprint density at radius 2 is 1.52 bits per heavy atom. The maximum atomic E-state index is 13.0. The maximum absolute atomic E-state index is 13.0. The Bertz CT molecular complexity index is 1090. The van der Waals surface area contributed by atoms with Gasteiger partial charge in [-0.3, -0.25) is 0 Å². The largest absolute Gasteiger partial charge is 0.468 e. The van der Waals surface area contributed by atoms with Crippen LogP contribution in [-0.4, -0.2) is 23.4 Å². The van der Waals surface area contributed by atoms with Crippen molar-refractivity contribution in [1.82, 2.24) is 4.72 Å². The molecule has 1 aromatic heterocycles. The molecular weight excluding hydrogens is 386 g/mol. The molecule has 27 heavy (non-hydrogen) atoms. The van der Waals surface area contributed by atoms with Crippen LogP contribution in [0.15, 0.2) is 87.2 Å². The van der Waals surface area contributed by atoms with Crippen molar-refractivity contribution >= 4 is 19.9 Å². The average molecular weight is 405 g/mol. The second-order valence-electron chi connectivity index (χ2n) is 6.03. The second-order valence-corrected chi connectivity index (χ2v) is 9.92. The monoisotopic (exact) mass is 405 g/mol. The smallest absolute Gasteiger partial charge is 0.240 e. The minimum absolute atomic E-state index is 0.0726. The van der Waals surface area contributed by atoms with Gasteiger partial charge in [-0.05, 0) is 43.3 Å². The highest BCUT2D eigenvalue weighted by Crippen LogP contribution is 2.29. The Kier molecular flexibility index (Phi) is 5.50. The maximum Gasteiger partial charge on any atom is 0.240 e. The summed E-state index contributed by atoms with van der Waals surface area (Å²) in [6, 6.07) is 17.3. The molecule has 3 aromatic rings. The van der Waals surface area contributed by atoms with E-state index in [1.54, 1.807) is 36.4 Å². The lowest BCUT2D eigenvalue weighted by molar-refractivity contribution is 0.486. The summed E-state index contributed by atoms with van der Waals surface area (Å²) >= 11 is 0. The Morgan fingerprint density at radius 1 is 0.852 bits per heavy atom. The normalized spacial score (nSPS) is 13.4. The molecule has 3 rings (SSSR count). The van der Waals surface area contributed by atoms with Crippen molar-refractivity contribution in [1.29, 1.82) is 0 Å². The third-order valence-corrected chi connectivity index (χ3v) is 7.61. The second kappa shape index (κ2) is 7.67. The van der Waals surface area contributed by atoms with Crippen molar-refractivity contribution in [3.05, 3.63) is 84.3 Å². The fraction of sp³-hybridized carbons (Fsp3) is 0.158. The summed E-state index contributed by atoms with van der Waals surface area (Å²) < 4.78 is 58.8. The molecule has 0 radical (unpaired) electrons. The van der Waals surface area contributed by atoms with E-state index in [0.29, 0.717) is 0 Å². The number of rotatable bonds is 7. The molecule has 1 N–H and O–H groups in total. The first-order chi connectivity index (χ1) is 12.8. The van der Waals surface area contributed by atoms with Gasteiger partial charge in [0.2, 0.25) is 10.0 Å². The molecule has 0 fully saturated rings. The van der Waals surface area contributed by atoms with E-state index in [1.165, 1.54) is 36.6 Å². The van der Waals surface area contributed by atoms with Crippen molar-refractivity contribution in [2.24, 2.45) is 0 Å². The quantitative estimate of drug-likeness (QED) is 0.652. The lowest BCUT2D eigenvalue weighted by Gasteiger charge is -2.17. The van der Waals surface area contributed by atoms with E-state index in [0.717, 1.165) is 5.56 Å². The summed E-state index contributed by atoms with van der Waals surface area (Å²) in [5.74, 6) is 0.172. The van der Waals surface area contributed by atoms with Gasteiger partial charge in [-0.2, -0.15) is 0 Å². The minimum atomic E-state index is -3.86. The van der Waals surface area contributed by atoms with Gasteiger partial charge in [0.15, 0.2) is 9.84 Å². The Morgan fingerprint density at radius 3 is 2.11 bits per heavy atom. The van der Waals surface area contributed by atoms with Crippen LogP contribution in [0.2, 0.25) is 0 Å². The summed E-state index contributed by atoms with van der Waals surface area (Å²) in [6.45, 7) is 1.50. The zero-order valence-electron chi connectivity index (χ0n) is 14.6. The molecule has 1 heterocycles. The van der Waals surface area contributed by atoms with Crippen molar-refractivity contribution in [2.45, 2.75) is 22.0 Å². The van der Waals surface area contributed by atoms with Gasteiger partial charge in [0.05, 0.1) is 16.1 Å². The van der Waals surface area contributed by atoms with Crippen LogP contribution in [0.25, 0.3) is 0 Å². The topological polar surface area (TPSA) is 93.4 Å². The van der Waals surface area contributed by atoms with E-state index >= 15 is 0 Å². The van der Waals surface area contributed by atoms with Crippen molar-refractivity contribution < 1.29 is 21.3 Å². The highest BCUT2D eigenvalue weighted by molar-refractivity contribution is 7.92. The molecule has 6 nitrogen and oxygen atoms in total. The molecule has 0 spiro atoms. The number of furan rings is 1. The van der Waals surface area contributed by atoms with Crippen molar-refractivity contribution in [2.75, 3.05) is 6.54 Å². The van der Waals surface area contributed by atoms with Gasteiger partial charge < -0.3 is 4.42 Å². The third kappa shape index (κ3) is 4.29. The average Bonchev–Trinajstić information content (AvgIpc) is 3.17. The predicted molar refractivity (Wildman–Crippen MR) is 101 cm³/mol. The summed E-state index contributed by atoms with van der Waals surface area (Å²) in [6.07, 6.45) is 1.36. The molecule has 8 heteroatoms. The van der Waals surface area contributed by atoms with Crippen LogP contribution < -0.4 is 4.72 Å². The first kappa shape index (κ1) is 19.3. The van der Waals surface area contributed by atoms with Crippen LogP contribution in [0, 0.1) is 6.92 Å². The van der Waals surface area contributed by atoms with Gasteiger partial charge in [-0.1, -0.05) is 35.9 Å². The summed E-state index contributed by atoms with van der Waals surface area (Å²) in [5, 5.41) is -1.19. The van der Waals surface area contributed by atoms with Crippen LogP contribution in [0.1, 0.15) is 16.6 Å². The molecule has 142 valence electrons. The molecule has 0 unspecified atom stereocenters. The van der Waals surface area contributed by atoms with Gasteiger partial charge in [0.25, 0.3) is 0 Å². The molecule has 0 amide bonds. The number of sulfonamides is 1. The van der Waals surface area contributed by atoms with Gasteiger partial charge in [0.1, 0.15) is 11.0 Å². The highest BCUT2D eigenvalue weighted by Gasteiger charge is 2.32. The lowest BCUT2D eigenvalue weighted by atomic mass is 10.2. The predicted octanol–water partition coefficient (Wildman–Crippen LogP) is 3.08. The zero-order valence-corrected chi connectivity index (χ0v) is 16.2. The van der Waals surface area contributed by atoms with E-state index in [2.05, 4.69) is 4.72 Å². The molecule has 0 bridgehead atoms. The number of hydrogen-bond acceptors (Lipinski definition) is 5. The van der Waals surface area contributed by atoms with Crippen LogP contribution >= 0.6 is 0 Å². The number of aryl methyl sites for hydroxylation is 1. The van der Waals surface area contributed by atoms with Crippen LogP contribution in [0.5, 0.6) is 0 Å². The van der Waals surface area contributed by atoms with E-state index in [9.17, 15) is 16.8 Å². The number of benzene rings is 2. The summed E-state index contributed by atoms with van der Waals surface area (Å²) in [5.41, 5.74) is 0.925. The van der Waals surface area contributed by atoms with E-state index in [4.69, 9.17) is 4.42 Å². The van der Waals surface area contributed by atoms with Gasteiger partial charge >= 0.3 is 0 Å². The highest BCUT2D eigenvalue weighted by atomic mass is 32.2. The van der Waals surface area contributed by atoms with E-state index < -0.39 is 25.1 Å². The van der Waals surface area contributed by atoms with Crippen LogP contribution in [0.3, 0.4) is 0 Å². The van der Waals surface area contributed by atoms with Gasteiger partial charge in [-0.15, -0.1) is 0 Å². The van der Waals surface area contributed by atoms with Crippen molar-refractivity contribution in [3.63, 3.8) is 0 Å². The first-order valence-electron chi connectivity index (χ1n) is 8.19. The Hall–Kier alpha value is -2.42. The molecule has 0 saturated carbocycles. The number of hydrogen-bond donors (Lipinski definition) is 1. The molecule has 1 atom stereocenters. The SMILES string of the molecule is Cc1ccc(S(=O)(=O)NC[C@H](c2ccco2)S(=O)(=O)c2ccccc2)cc1. The van der Waals surface area contributed by atoms with Crippen LogP contribution in [0.4, 0.5) is 0 Å². The zero-order chi connectivity index (χ0) is 19.5. The Labute approximate surface area is 158 Å². The van der Waals surface area contributed by atoms with Gasteiger partial charge in [0, 0.05) is 6.54 Å². The number of sulfone groups is 1. The molecular formula is C19H19NO5S2. The van der Waals surface area contributed by atoms with E-state index in [-0.39, 0.29) is 22.1 Å². The summed E-state index contributed by atoms with van der Waals surface area (Å²) in [4.78, 5) is 0.171. The van der Waals surface area contributed by atoms with E-state index in [1.807, 2.05) is 6.92 Å². The standard InChI is InChI=1S/C19H19NO5S2/c1-15-9-11-17(12-10-15)27(23,24)20-14-19(18-8-5-13-25-18)26(21,22)16-6-3-2-4-7-16/h2-13,19-20H,14H2,1H3/t19-/m1/s1. The first-order valence-corrected chi connectivity index (χ1v) is 11.2. The molecule has 0 aliphatic carbocycles. The summed E-state index contributed by atoms with van der Waals surface area (Å²) in [7, 11) is -7.72. The molecule has 2 aromatic carbocycles. The molecule has 0 saturated heterocycles.